The number of rotatable bonds is 41. The zero-order valence-electron chi connectivity index (χ0n) is 35.2. The van der Waals surface area contributed by atoms with Gasteiger partial charge in [0.05, 0.1) is 13.2 Å². The molecule has 0 saturated carbocycles. The summed E-state index contributed by atoms with van der Waals surface area (Å²) in [6.45, 7) is 2.77. The predicted octanol–water partition coefficient (Wildman–Crippen LogP) is 11.6. The lowest BCUT2D eigenvalue weighted by Crippen LogP contribution is -2.34. The number of carboxylic acid groups (broad SMARTS) is 1. The number of ether oxygens (including phenoxy) is 2. The molecule has 0 saturated heterocycles. The first-order chi connectivity index (χ1) is 27.1. The molecule has 0 fully saturated rings. The molecule has 0 aromatic heterocycles. The number of phosphoric acid groups is 1. The SMILES string of the molecule is CCCCC/C=C\C/C=C\C/C=C\CCCCCCCCC(=O)O[C@H](COC(=O)CCCCCCCCCCCCCCC)COP(=O)(O)OC[C@H](N)C(=O)O. The molecule has 4 N–H and O–H groups in total. The van der Waals surface area contributed by atoms with E-state index in [0.717, 1.165) is 70.6 Å². The predicted molar refractivity (Wildman–Crippen MR) is 226 cm³/mol. The number of carboxylic acids is 1. The van der Waals surface area contributed by atoms with E-state index < -0.39 is 51.1 Å². The lowest BCUT2D eigenvalue weighted by atomic mass is 10.0. The first kappa shape index (κ1) is 53.7. The Morgan fingerprint density at radius 3 is 1.45 bits per heavy atom. The number of aliphatic carboxylic acids is 1. The van der Waals surface area contributed by atoms with Crippen LogP contribution in [0, 0.1) is 0 Å². The molecule has 0 spiro atoms. The van der Waals surface area contributed by atoms with Gasteiger partial charge >= 0.3 is 25.7 Å². The van der Waals surface area contributed by atoms with Gasteiger partial charge in [-0.15, -0.1) is 0 Å². The summed E-state index contributed by atoms with van der Waals surface area (Å²) in [6.07, 6.45) is 42.0. The van der Waals surface area contributed by atoms with Gasteiger partial charge < -0.3 is 25.2 Å². The van der Waals surface area contributed by atoms with Crippen LogP contribution in [0.15, 0.2) is 36.5 Å². The maximum Gasteiger partial charge on any atom is 0.472 e. The zero-order valence-corrected chi connectivity index (χ0v) is 36.1. The van der Waals surface area contributed by atoms with E-state index in [4.69, 9.17) is 24.8 Å². The summed E-state index contributed by atoms with van der Waals surface area (Å²) in [6, 6.07) is -1.52. The first-order valence-corrected chi connectivity index (χ1v) is 23.5. The monoisotopic (exact) mass is 814 g/mol. The molecule has 11 nitrogen and oxygen atoms in total. The minimum absolute atomic E-state index is 0.148. The number of hydrogen-bond acceptors (Lipinski definition) is 9. The number of esters is 2. The highest BCUT2D eigenvalue weighted by Crippen LogP contribution is 2.43. The molecule has 0 aliphatic heterocycles. The van der Waals surface area contributed by atoms with E-state index in [1.54, 1.807) is 0 Å². The highest BCUT2D eigenvalue weighted by Gasteiger charge is 2.28. The molecule has 326 valence electrons. The summed E-state index contributed by atoms with van der Waals surface area (Å²) >= 11 is 0. The summed E-state index contributed by atoms with van der Waals surface area (Å²) in [5.74, 6) is -2.39. The van der Waals surface area contributed by atoms with E-state index in [2.05, 4.69) is 54.8 Å². The lowest BCUT2D eigenvalue weighted by molar-refractivity contribution is -0.161. The van der Waals surface area contributed by atoms with Crippen LogP contribution in [-0.4, -0.2) is 59.9 Å². The number of carbonyl (C=O) groups excluding carboxylic acids is 2. The Hall–Kier alpha value is -2.30. The van der Waals surface area contributed by atoms with E-state index in [-0.39, 0.29) is 19.4 Å². The molecule has 0 bridgehead atoms. The fourth-order valence-electron chi connectivity index (χ4n) is 5.90. The van der Waals surface area contributed by atoms with Gasteiger partial charge in [0.1, 0.15) is 12.6 Å². The molecule has 0 radical (unpaired) electrons. The fourth-order valence-corrected chi connectivity index (χ4v) is 6.67. The third kappa shape index (κ3) is 38.6. The van der Waals surface area contributed by atoms with Crippen molar-refractivity contribution in [1.82, 2.24) is 0 Å². The molecule has 1 unspecified atom stereocenters. The maximum absolute atomic E-state index is 12.6. The zero-order chi connectivity index (χ0) is 41.4. The first-order valence-electron chi connectivity index (χ1n) is 22.0. The van der Waals surface area contributed by atoms with Crippen LogP contribution in [0.3, 0.4) is 0 Å². The number of carbonyl (C=O) groups is 3. The van der Waals surface area contributed by atoms with Gasteiger partial charge in [-0.05, 0) is 51.4 Å². The van der Waals surface area contributed by atoms with E-state index >= 15 is 0 Å². The quantitative estimate of drug-likeness (QED) is 0.0232. The molecular weight excluding hydrogens is 733 g/mol. The molecular formula is C44H80NO10P. The second-order valence-electron chi connectivity index (χ2n) is 14.8. The van der Waals surface area contributed by atoms with Crippen LogP contribution in [-0.2, 0) is 37.5 Å². The summed E-state index contributed by atoms with van der Waals surface area (Å²) in [5.41, 5.74) is 5.33. The van der Waals surface area contributed by atoms with Crippen molar-refractivity contribution in [3.8, 4) is 0 Å². The van der Waals surface area contributed by atoms with Crippen molar-refractivity contribution < 1.29 is 47.5 Å². The van der Waals surface area contributed by atoms with Crippen molar-refractivity contribution in [2.24, 2.45) is 5.73 Å². The maximum atomic E-state index is 12.6. The van der Waals surface area contributed by atoms with Crippen molar-refractivity contribution in [3.05, 3.63) is 36.5 Å². The molecule has 0 aliphatic rings. The molecule has 56 heavy (non-hydrogen) atoms. The summed E-state index contributed by atoms with van der Waals surface area (Å²) in [4.78, 5) is 45.9. The Labute approximate surface area is 340 Å². The lowest BCUT2D eigenvalue weighted by Gasteiger charge is -2.20. The molecule has 0 heterocycles. The molecule has 0 aromatic rings. The van der Waals surface area contributed by atoms with Crippen LogP contribution < -0.4 is 5.73 Å². The van der Waals surface area contributed by atoms with Gasteiger partial charge in [-0.25, -0.2) is 4.57 Å². The summed E-state index contributed by atoms with van der Waals surface area (Å²) in [5, 5.41) is 8.89. The van der Waals surface area contributed by atoms with Crippen molar-refractivity contribution >= 4 is 25.7 Å². The molecule has 0 aliphatic carbocycles. The minimum atomic E-state index is -4.72. The van der Waals surface area contributed by atoms with E-state index in [1.165, 1.54) is 83.5 Å². The molecule has 12 heteroatoms. The van der Waals surface area contributed by atoms with Crippen molar-refractivity contribution in [2.45, 2.75) is 206 Å². The summed E-state index contributed by atoms with van der Waals surface area (Å²) < 4.78 is 32.7. The largest absolute Gasteiger partial charge is 0.480 e. The number of hydrogen-bond donors (Lipinski definition) is 3. The number of unbranched alkanes of at least 4 members (excludes halogenated alkanes) is 21. The standard InChI is InChI=1S/C44H80NO10P/c1-3-5-7-9-11-13-15-17-18-19-20-21-22-24-26-28-30-32-34-36-43(47)55-40(38-53-56(50,51)54-39-41(45)44(48)49)37-52-42(46)35-33-31-29-27-25-23-16-14-12-10-8-6-4-2/h11,13,17-18,20-21,40-41H,3-10,12,14-16,19,22-39,45H2,1-2H3,(H,48,49)(H,50,51)/b13-11-,18-17-,21-20-/t40-,41+/m1/s1. The smallest absolute Gasteiger partial charge is 0.472 e. The van der Waals surface area contributed by atoms with Crippen molar-refractivity contribution in [3.63, 3.8) is 0 Å². The van der Waals surface area contributed by atoms with Crippen molar-refractivity contribution in [1.29, 1.82) is 0 Å². The van der Waals surface area contributed by atoms with E-state index in [0.29, 0.717) is 12.8 Å². The van der Waals surface area contributed by atoms with Gasteiger partial charge in [-0.2, -0.15) is 0 Å². The minimum Gasteiger partial charge on any atom is -0.480 e. The normalized spacial score (nSPS) is 14.1. The van der Waals surface area contributed by atoms with Gasteiger partial charge in [0, 0.05) is 12.8 Å². The van der Waals surface area contributed by atoms with Gasteiger partial charge in [0.25, 0.3) is 0 Å². The Balaban J connectivity index is 4.37. The molecule has 0 amide bonds. The fraction of sp³-hybridized carbons (Fsp3) is 0.795. The highest BCUT2D eigenvalue weighted by molar-refractivity contribution is 7.47. The van der Waals surface area contributed by atoms with Gasteiger partial charge in [-0.1, -0.05) is 166 Å². The van der Waals surface area contributed by atoms with E-state index in [1.807, 2.05) is 0 Å². The molecule has 0 aromatic carbocycles. The van der Waals surface area contributed by atoms with Crippen LogP contribution in [0.4, 0.5) is 0 Å². The second kappa shape index (κ2) is 39.5. The topological polar surface area (TPSA) is 172 Å². The average molecular weight is 814 g/mol. The Morgan fingerprint density at radius 2 is 0.946 bits per heavy atom. The summed E-state index contributed by atoms with van der Waals surface area (Å²) in [7, 11) is -4.72. The van der Waals surface area contributed by atoms with Gasteiger partial charge in [-0.3, -0.25) is 23.4 Å². The van der Waals surface area contributed by atoms with Gasteiger partial charge in [0.2, 0.25) is 0 Å². The van der Waals surface area contributed by atoms with E-state index in [9.17, 15) is 23.8 Å². The highest BCUT2D eigenvalue weighted by atomic mass is 31.2. The van der Waals surface area contributed by atoms with Crippen LogP contribution in [0.2, 0.25) is 0 Å². The molecule has 0 rings (SSSR count). The van der Waals surface area contributed by atoms with Crippen LogP contribution in [0.25, 0.3) is 0 Å². The second-order valence-corrected chi connectivity index (χ2v) is 16.3. The number of nitrogens with two attached hydrogens (primary N) is 1. The third-order valence-electron chi connectivity index (χ3n) is 9.39. The Bertz CT molecular complexity index is 1100. The van der Waals surface area contributed by atoms with Crippen molar-refractivity contribution in [2.75, 3.05) is 19.8 Å². The number of phosphoric ester groups is 1. The van der Waals surface area contributed by atoms with Crippen LogP contribution in [0.5, 0.6) is 0 Å². The van der Waals surface area contributed by atoms with Gasteiger partial charge in [0.15, 0.2) is 6.10 Å². The Kier molecular flexibility index (Phi) is 37.9. The third-order valence-corrected chi connectivity index (χ3v) is 10.3. The van der Waals surface area contributed by atoms with Crippen LogP contribution in [0.1, 0.15) is 194 Å². The van der Waals surface area contributed by atoms with Crippen LogP contribution >= 0.6 is 7.82 Å². The Morgan fingerprint density at radius 1 is 0.554 bits per heavy atom. The molecule has 3 atom stereocenters. The average Bonchev–Trinajstić information content (AvgIpc) is 3.17. The number of allylic oxidation sites excluding steroid dienone is 6.